The number of fused-ring (bicyclic) bond motifs is 1. The van der Waals surface area contributed by atoms with Crippen LogP contribution in [0.3, 0.4) is 0 Å². The molecule has 2 rings (SSSR count). The lowest BCUT2D eigenvalue weighted by atomic mass is 10.1. The van der Waals surface area contributed by atoms with Crippen molar-refractivity contribution in [3.8, 4) is 11.8 Å². The van der Waals surface area contributed by atoms with E-state index in [9.17, 15) is 9.59 Å². The average molecular weight is 243 g/mol. The lowest BCUT2D eigenvalue weighted by Crippen LogP contribution is -2.37. The highest BCUT2D eigenvalue weighted by Crippen LogP contribution is 2.23. The summed E-state index contributed by atoms with van der Waals surface area (Å²) in [6, 6.07) is 6.15. The molecule has 1 aliphatic heterocycles. The summed E-state index contributed by atoms with van der Waals surface area (Å²) in [6.45, 7) is 3.19. The summed E-state index contributed by atoms with van der Waals surface area (Å²) < 4.78 is 0. The molecule has 0 aliphatic carbocycles. The second-order valence-electron chi connectivity index (χ2n) is 4.17. The molecule has 0 unspecified atom stereocenters. The molecule has 0 saturated carbocycles. The van der Waals surface area contributed by atoms with Gasteiger partial charge in [0.25, 0.3) is 11.8 Å². The van der Waals surface area contributed by atoms with E-state index < -0.39 is 12.1 Å². The van der Waals surface area contributed by atoms with Crippen LogP contribution in [0.2, 0.25) is 0 Å². The van der Waals surface area contributed by atoms with E-state index in [1.807, 2.05) is 0 Å². The van der Waals surface area contributed by atoms with E-state index in [0.717, 1.165) is 4.90 Å². The molecule has 2 atom stereocenters. The van der Waals surface area contributed by atoms with E-state index in [1.165, 1.54) is 6.92 Å². The predicted octanol–water partition coefficient (Wildman–Crippen LogP) is 1.06. The summed E-state index contributed by atoms with van der Waals surface area (Å²) in [5.41, 5.74) is 0.821. The molecular weight excluding hydrogens is 230 g/mol. The third kappa shape index (κ3) is 2.01. The van der Waals surface area contributed by atoms with Gasteiger partial charge in [0, 0.05) is 0 Å². The third-order valence-electron chi connectivity index (χ3n) is 2.71. The highest BCUT2D eigenvalue weighted by Gasteiger charge is 2.37. The first-order chi connectivity index (χ1) is 8.52. The maximum atomic E-state index is 12.1. The van der Waals surface area contributed by atoms with Crippen LogP contribution >= 0.6 is 0 Å². The number of carbonyl (C=O) groups excluding carboxylic acids is 2. The summed E-state index contributed by atoms with van der Waals surface area (Å²) in [5, 5.41) is 9.09. The van der Waals surface area contributed by atoms with Crippen LogP contribution in [-0.4, -0.2) is 34.0 Å². The number of hydrogen-bond donors (Lipinski definition) is 1. The highest BCUT2D eigenvalue weighted by molar-refractivity contribution is 6.21. The molecule has 4 nitrogen and oxygen atoms in total. The molecule has 0 bridgehead atoms. The van der Waals surface area contributed by atoms with E-state index in [4.69, 9.17) is 5.11 Å². The van der Waals surface area contributed by atoms with Crippen LogP contribution in [-0.2, 0) is 0 Å². The number of imide groups is 1. The summed E-state index contributed by atoms with van der Waals surface area (Å²) in [4.78, 5) is 25.3. The van der Waals surface area contributed by atoms with Crippen LogP contribution in [0, 0.1) is 11.8 Å². The predicted molar refractivity (Wildman–Crippen MR) is 65.9 cm³/mol. The second kappa shape index (κ2) is 4.63. The standard InChI is InChI=1S/C14H13NO3/c1-9(7-8-10(2)16)15-13(17)11-5-3-4-6-12(11)14(15)18/h3-6,9-10,16H,1-2H3/t9-,10-/m0/s1. The van der Waals surface area contributed by atoms with E-state index in [0.29, 0.717) is 11.1 Å². The van der Waals surface area contributed by atoms with Crippen LogP contribution in [0.5, 0.6) is 0 Å². The normalized spacial score (nSPS) is 16.9. The fraction of sp³-hybridized carbons (Fsp3) is 0.286. The van der Waals surface area contributed by atoms with Crippen molar-refractivity contribution in [3.63, 3.8) is 0 Å². The summed E-state index contributed by atoms with van der Waals surface area (Å²) in [5.74, 6) is 4.59. The van der Waals surface area contributed by atoms with E-state index in [1.54, 1.807) is 31.2 Å². The minimum atomic E-state index is -0.775. The summed E-state index contributed by atoms with van der Waals surface area (Å²) in [6.07, 6.45) is -0.775. The Balaban J connectivity index is 2.32. The van der Waals surface area contributed by atoms with Gasteiger partial charge in [0.15, 0.2) is 0 Å². The van der Waals surface area contributed by atoms with Gasteiger partial charge in [-0.1, -0.05) is 24.0 Å². The Hall–Kier alpha value is -2.12. The molecule has 0 fully saturated rings. The molecule has 1 aliphatic rings. The van der Waals surface area contributed by atoms with Crippen LogP contribution in [0.25, 0.3) is 0 Å². The Morgan fingerprint density at radius 2 is 1.56 bits per heavy atom. The number of benzene rings is 1. The number of carbonyl (C=O) groups is 2. The molecule has 18 heavy (non-hydrogen) atoms. The van der Waals surface area contributed by atoms with Gasteiger partial charge >= 0.3 is 0 Å². The van der Waals surface area contributed by atoms with Crippen molar-refractivity contribution in [2.24, 2.45) is 0 Å². The van der Waals surface area contributed by atoms with Gasteiger partial charge in [0.1, 0.15) is 6.10 Å². The number of aliphatic hydroxyl groups excluding tert-OH is 1. The molecule has 1 aromatic carbocycles. The number of amides is 2. The number of nitrogens with zero attached hydrogens (tertiary/aromatic N) is 1. The molecule has 0 saturated heterocycles. The fourth-order valence-corrected chi connectivity index (χ4v) is 1.87. The summed E-state index contributed by atoms with van der Waals surface area (Å²) in [7, 11) is 0. The Labute approximate surface area is 105 Å². The Morgan fingerprint density at radius 1 is 1.06 bits per heavy atom. The van der Waals surface area contributed by atoms with Crippen molar-refractivity contribution in [1.29, 1.82) is 0 Å². The largest absolute Gasteiger partial charge is 0.381 e. The topological polar surface area (TPSA) is 57.6 Å². The second-order valence-corrected chi connectivity index (χ2v) is 4.17. The van der Waals surface area contributed by atoms with Crippen LogP contribution in [0.4, 0.5) is 0 Å². The van der Waals surface area contributed by atoms with Gasteiger partial charge < -0.3 is 5.11 Å². The minimum Gasteiger partial charge on any atom is -0.381 e. The van der Waals surface area contributed by atoms with E-state index >= 15 is 0 Å². The zero-order valence-electron chi connectivity index (χ0n) is 10.2. The van der Waals surface area contributed by atoms with E-state index in [-0.39, 0.29) is 11.8 Å². The van der Waals surface area contributed by atoms with Gasteiger partial charge in [-0.05, 0) is 26.0 Å². The van der Waals surface area contributed by atoms with Crippen molar-refractivity contribution in [2.75, 3.05) is 0 Å². The van der Waals surface area contributed by atoms with Crippen molar-refractivity contribution < 1.29 is 14.7 Å². The minimum absolute atomic E-state index is 0.331. The number of hydrogen-bond acceptors (Lipinski definition) is 3. The molecule has 2 amide bonds. The fourth-order valence-electron chi connectivity index (χ4n) is 1.87. The monoisotopic (exact) mass is 243 g/mol. The van der Waals surface area contributed by atoms with Crippen molar-refractivity contribution >= 4 is 11.8 Å². The molecule has 1 heterocycles. The molecule has 0 spiro atoms. The van der Waals surface area contributed by atoms with Gasteiger partial charge in [0.05, 0.1) is 17.2 Å². The maximum Gasteiger partial charge on any atom is 0.262 e. The average Bonchev–Trinajstić information content (AvgIpc) is 2.60. The van der Waals surface area contributed by atoms with Gasteiger partial charge in [-0.15, -0.1) is 0 Å². The molecular formula is C14H13NO3. The molecule has 92 valence electrons. The first kappa shape index (κ1) is 12.3. The quantitative estimate of drug-likeness (QED) is 0.592. The van der Waals surface area contributed by atoms with Crippen LogP contribution in [0.15, 0.2) is 24.3 Å². The number of aliphatic hydroxyl groups is 1. The zero-order chi connectivity index (χ0) is 13.3. The SMILES string of the molecule is C[C@H](O)C#C[C@H](C)N1C(=O)c2ccccc2C1=O. The lowest BCUT2D eigenvalue weighted by Gasteiger charge is -2.17. The number of rotatable bonds is 1. The van der Waals surface area contributed by atoms with Gasteiger partial charge in [0.2, 0.25) is 0 Å². The smallest absolute Gasteiger partial charge is 0.262 e. The summed E-state index contributed by atoms with van der Waals surface area (Å²) >= 11 is 0. The Morgan fingerprint density at radius 3 is 2.00 bits per heavy atom. The molecule has 0 radical (unpaired) electrons. The molecule has 4 heteroatoms. The lowest BCUT2D eigenvalue weighted by molar-refractivity contribution is 0.0630. The Bertz CT molecular complexity index is 531. The van der Waals surface area contributed by atoms with Crippen molar-refractivity contribution in [3.05, 3.63) is 35.4 Å². The third-order valence-corrected chi connectivity index (χ3v) is 2.71. The van der Waals surface area contributed by atoms with Crippen molar-refractivity contribution in [1.82, 2.24) is 4.90 Å². The van der Waals surface area contributed by atoms with Gasteiger partial charge in [-0.3, -0.25) is 14.5 Å². The highest BCUT2D eigenvalue weighted by atomic mass is 16.3. The van der Waals surface area contributed by atoms with Crippen LogP contribution in [0.1, 0.15) is 34.6 Å². The Kier molecular flexibility index (Phi) is 3.17. The van der Waals surface area contributed by atoms with Gasteiger partial charge in [-0.2, -0.15) is 0 Å². The molecule has 1 aromatic rings. The van der Waals surface area contributed by atoms with Crippen molar-refractivity contribution in [2.45, 2.75) is 26.0 Å². The van der Waals surface area contributed by atoms with Crippen LogP contribution < -0.4 is 0 Å². The first-order valence-electron chi connectivity index (χ1n) is 5.68. The molecule has 0 aromatic heterocycles. The zero-order valence-corrected chi connectivity index (χ0v) is 10.2. The first-order valence-corrected chi connectivity index (χ1v) is 5.68. The molecule has 1 N–H and O–H groups in total. The van der Waals surface area contributed by atoms with E-state index in [2.05, 4.69) is 11.8 Å². The maximum absolute atomic E-state index is 12.1. The van der Waals surface area contributed by atoms with Gasteiger partial charge in [-0.25, -0.2) is 0 Å².